The quantitative estimate of drug-likeness (QED) is 0.895. The molecule has 1 aromatic rings. The molecule has 0 spiro atoms. The van der Waals surface area contributed by atoms with E-state index in [1.807, 2.05) is 13.0 Å². The number of benzene rings is 1. The van der Waals surface area contributed by atoms with Gasteiger partial charge in [-0.05, 0) is 43.9 Å². The molecule has 1 atom stereocenters. The van der Waals surface area contributed by atoms with Crippen LogP contribution >= 0.6 is 11.6 Å². The Labute approximate surface area is 119 Å². The molecule has 1 aromatic carbocycles. The third kappa shape index (κ3) is 3.28. The molecule has 1 fully saturated rings. The molecule has 1 saturated carbocycles. The molecule has 1 aliphatic carbocycles. The van der Waals surface area contributed by atoms with Gasteiger partial charge in [-0.25, -0.2) is 4.39 Å². The lowest BCUT2D eigenvalue weighted by atomic mass is 9.88. The SMILES string of the molecule is CCOC1(C(N)Cc2ccc(Cl)c(F)c2)CCCC1. The third-order valence-electron chi connectivity index (χ3n) is 4.00. The van der Waals surface area contributed by atoms with Crippen LogP contribution in [0.5, 0.6) is 0 Å². The Kier molecular flexibility index (Phi) is 4.82. The zero-order valence-electron chi connectivity index (χ0n) is 11.3. The maximum Gasteiger partial charge on any atom is 0.142 e. The highest BCUT2D eigenvalue weighted by Gasteiger charge is 2.40. The van der Waals surface area contributed by atoms with Gasteiger partial charge in [-0.1, -0.05) is 30.5 Å². The number of ether oxygens (including phenoxy) is 1. The fourth-order valence-electron chi connectivity index (χ4n) is 2.99. The number of hydrogen-bond acceptors (Lipinski definition) is 2. The van der Waals surface area contributed by atoms with Crippen LogP contribution in [-0.4, -0.2) is 18.2 Å². The Morgan fingerprint density at radius 2 is 2.11 bits per heavy atom. The average molecular weight is 286 g/mol. The maximum atomic E-state index is 13.4. The molecular formula is C15H21ClFNO. The van der Waals surface area contributed by atoms with Crippen molar-refractivity contribution >= 4 is 11.6 Å². The summed E-state index contributed by atoms with van der Waals surface area (Å²) < 4.78 is 19.4. The van der Waals surface area contributed by atoms with E-state index in [1.165, 1.54) is 6.07 Å². The van der Waals surface area contributed by atoms with Crippen LogP contribution in [0, 0.1) is 5.82 Å². The summed E-state index contributed by atoms with van der Waals surface area (Å²) in [5, 5.41) is 0.151. The number of hydrogen-bond donors (Lipinski definition) is 1. The first kappa shape index (κ1) is 14.8. The molecule has 1 unspecified atom stereocenters. The maximum absolute atomic E-state index is 13.4. The van der Waals surface area contributed by atoms with Crippen LogP contribution in [0.4, 0.5) is 4.39 Å². The Morgan fingerprint density at radius 1 is 1.42 bits per heavy atom. The van der Waals surface area contributed by atoms with Gasteiger partial charge >= 0.3 is 0 Å². The monoisotopic (exact) mass is 285 g/mol. The molecule has 0 amide bonds. The van der Waals surface area contributed by atoms with Crippen molar-refractivity contribution in [1.29, 1.82) is 0 Å². The highest BCUT2D eigenvalue weighted by atomic mass is 35.5. The molecule has 0 radical (unpaired) electrons. The second kappa shape index (κ2) is 6.21. The summed E-state index contributed by atoms with van der Waals surface area (Å²) in [5.41, 5.74) is 6.98. The summed E-state index contributed by atoms with van der Waals surface area (Å²) in [6.45, 7) is 2.66. The molecule has 0 aliphatic heterocycles. The summed E-state index contributed by atoms with van der Waals surface area (Å²) in [4.78, 5) is 0. The van der Waals surface area contributed by atoms with Crippen LogP contribution in [0.3, 0.4) is 0 Å². The van der Waals surface area contributed by atoms with E-state index in [1.54, 1.807) is 6.07 Å². The first-order valence-electron chi connectivity index (χ1n) is 6.91. The van der Waals surface area contributed by atoms with Crippen molar-refractivity contribution in [3.05, 3.63) is 34.6 Å². The fraction of sp³-hybridized carbons (Fsp3) is 0.600. The Morgan fingerprint density at radius 3 is 2.68 bits per heavy atom. The highest BCUT2D eigenvalue weighted by Crippen LogP contribution is 2.36. The third-order valence-corrected chi connectivity index (χ3v) is 4.30. The van der Waals surface area contributed by atoms with E-state index < -0.39 is 0 Å². The topological polar surface area (TPSA) is 35.2 Å². The van der Waals surface area contributed by atoms with E-state index >= 15 is 0 Å². The van der Waals surface area contributed by atoms with Crippen LogP contribution in [0.15, 0.2) is 18.2 Å². The zero-order valence-corrected chi connectivity index (χ0v) is 12.0. The average Bonchev–Trinajstić information content (AvgIpc) is 2.84. The summed E-state index contributed by atoms with van der Waals surface area (Å²) >= 11 is 5.69. The predicted molar refractivity (Wildman–Crippen MR) is 75.9 cm³/mol. The number of nitrogens with two attached hydrogens (primary N) is 1. The van der Waals surface area contributed by atoms with Gasteiger partial charge in [0, 0.05) is 12.6 Å². The van der Waals surface area contributed by atoms with E-state index in [9.17, 15) is 4.39 Å². The highest BCUT2D eigenvalue weighted by molar-refractivity contribution is 6.30. The summed E-state index contributed by atoms with van der Waals surface area (Å²) in [7, 11) is 0. The molecule has 2 N–H and O–H groups in total. The Bertz CT molecular complexity index is 432. The van der Waals surface area contributed by atoms with Gasteiger partial charge in [0.1, 0.15) is 5.82 Å². The molecule has 2 nitrogen and oxygen atoms in total. The fourth-order valence-corrected chi connectivity index (χ4v) is 3.11. The standard InChI is InChI=1S/C15H21ClFNO/c1-2-19-15(7-3-4-8-15)14(18)10-11-5-6-12(16)13(17)9-11/h5-6,9,14H,2-4,7-8,10,18H2,1H3. The van der Waals surface area contributed by atoms with Gasteiger partial charge in [0.15, 0.2) is 0 Å². The molecule has 2 rings (SSSR count). The van der Waals surface area contributed by atoms with Crippen LogP contribution in [-0.2, 0) is 11.2 Å². The zero-order chi connectivity index (χ0) is 13.9. The summed E-state index contributed by atoms with van der Waals surface area (Å²) in [5.74, 6) is -0.386. The smallest absolute Gasteiger partial charge is 0.142 e. The summed E-state index contributed by atoms with van der Waals surface area (Å²) in [6.07, 6.45) is 4.93. The van der Waals surface area contributed by atoms with Crippen LogP contribution in [0.2, 0.25) is 5.02 Å². The van der Waals surface area contributed by atoms with Crippen molar-refractivity contribution in [3.63, 3.8) is 0 Å². The lowest BCUT2D eigenvalue weighted by Gasteiger charge is -2.35. The number of halogens is 2. The molecule has 106 valence electrons. The van der Waals surface area contributed by atoms with Crippen LogP contribution in [0.1, 0.15) is 38.2 Å². The van der Waals surface area contributed by atoms with Crippen molar-refractivity contribution in [1.82, 2.24) is 0 Å². The van der Waals surface area contributed by atoms with Crippen LogP contribution < -0.4 is 5.73 Å². The van der Waals surface area contributed by atoms with Crippen molar-refractivity contribution in [2.75, 3.05) is 6.61 Å². The molecule has 0 bridgehead atoms. The van der Waals surface area contributed by atoms with Crippen molar-refractivity contribution < 1.29 is 9.13 Å². The predicted octanol–water partition coefficient (Wildman–Crippen LogP) is 3.70. The van der Waals surface area contributed by atoms with E-state index in [0.717, 1.165) is 31.2 Å². The minimum absolute atomic E-state index is 0.101. The van der Waals surface area contributed by atoms with Gasteiger partial charge in [-0.3, -0.25) is 0 Å². The van der Waals surface area contributed by atoms with Gasteiger partial charge in [0.25, 0.3) is 0 Å². The van der Waals surface area contributed by atoms with Gasteiger partial charge in [-0.2, -0.15) is 0 Å². The Hall–Kier alpha value is -0.640. The largest absolute Gasteiger partial charge is 0.374 e. The normalized spacial score (nSPS) is 19.6. The lowest BCUT2D eigenvalue weighted by Crippen LogP contribution is -2.49. The second-order valence-electron chi connectivity index (χ2n) is 5.26. The first-order valence-corrected chi connectivity index (χ1v) is 7.28. The molecule has 1 aliphatic rings. The summed E-state index contributed by atoms with van der Waals surface area (Å²) in [6, 6.07) is 4.79. The van der Waals surface area contributed by atoms with Crippen molar-refractivity contribution in [2.24, 2.45) is 5.73 Å². The molecule has 0 heterocycles. The van der Waals surface area contributed by atoms with E-state index in [2.05, 4.69) is 0 Å². The van der Waals surface area contributed by atoms with E-state index in [-0.39, 0.29) is 22.5 Å². The van der Waals surface area contributed by atoms with E-state index in [4.69, 9.17) is 22.1 Å². The lowest BCUT2D eigenvalue weighted by molar-refractivity contribution is -0.0525. The minimum atomic E-state index is -0.386. The molecule has 4 heteroatoms. The van der Waals surface area contributed by atoms with Crippen LogP contribution in [0.25, 0.3) is 0 Å². The molecule has 0 saturated heterocycles. The molecular weight excluding hydrogens is 265 g/mol. The van der Waals surface area contributed by atoms with E-state index in [0.29, 0.717) is 13.0 Å². The van der Waals surface area contributed by atoms with Crippen molar-refractivity contribution in [3.8, 4) is 0 Å². The minimum Gasteiger partial charge on any atom is -0.374 e. The second-order valence-corrected chi connectivity index (χ2v) is 5.67. The van der Waals surface area contributed by atoms with Gasteiger partial charge < -0.3 is 10.5 Å². The Balaban J connectivity index is 2.10. The molecule has 19 heavy (non-hydrogen) atoms. The van der Waals surface area contributed by atoms with Gasteiger partial charge in [0.05, 0.1) is 10.6 Å². The van der Waals surface area contributed by atoms with Gasteiger partial charge in [-0.15, -0.1) is 0 Å². The number of rotatable bonds is 5. The molecule has 0 aromatic heterocycles. The first-order chi connectivity index (χ1) is 9.07. The van der Waals surface area contributed by atoms with Crippen molar-refractivity contribution in [2.45, 2.75) is 50.7 Å². The van der Waals surface area contributed by atoms with Gasteiger partial charge in [0.2, 0.25) is 0 Å².